The van der Waals surface area contributed by atoms with Crippen LogP contribution in [-0.2, 0) is 6.54 Å². The van der Waals surface area contributed by atoms with Gasteiger partial charge >= 0.3 is 0 Å². The number of nitrogens with one attached hydrogen (secondary N) is 1. The molecule has 1 rings (SSSR count). The maximum absolute atomic E-state index is 9.62. The number of nitrogens with zero attached hydrogens (tertiary/aromatic N) is 1. The second-order valence-electron chi connectivity index (χ2n) is 4.54. The van der Waals surface area contributed by atoms with Crippen molar-refractivity contribution < 1.29 is 5.11 Å². The Bertz CT molecular complexity index is 313. The Kier molecular flexibility index (Phi) is 5.43. The van der Waals surface area contributed by atoms with Crippen molar-refractivity contribution in [2.45, 2.75) is 39.8 Å². The van der Waals surface area contributed by atoms with Gasteiger partial charge in [-0.15, -0.1) is 0 Å². The number of pyridine rings is 1. The zero-order valence-electron chi connectivity index (χ0n) is 10.4. The van der Waals surface area contributed by atoms with Crippen molar-refractivity contribution >= 4 is 0 Å². The minimum atomic E-state index is -0.211. The maximum Gasteiger partial charge on any atom is 0.0575 e. The third-order valence-corrected chi connectivity index (χ3v) is 2.80. The van der Waals surface area contributed by atoms with Crippen LogP contribution in [0.1, 0.15) is 31.5 Å². The summed E-state index contributed by atoms with van der Waals surface area (Å²) >= 11 is 0. The number of aromatic nitrogens is 1. The van der Waals surface area contributed by atoms with E-state index in [9.17, 15) is 5.11 Å². The SMILES string of the molecule is Cc1cccnc1CNCCC(O)C(C)C. The fourth-order valence-electron chi connectivity index (χ4n) is 1.49. The molecular formula is C13H22N2O. The highest BCUT2D eigenvalue weighted by atomic mass is 16.3. The van der Waals surface area contributed by atoms with Crippen molar-refractivity contribution in [1.29, 1.82) is 0 Å². The second kappa shape index (κ2) is 6.61. The van der Waals surface area contributed by atoms with Gasteiger partial charge < -0.3 is 10.4 Å². The van der Waals surface area contributed by atoms with Gasteiger partial charge in [-0.1, -0.05) is 19.9 Å². The molecule has 0 aliphatic heterocycles. The molecule has 2 N–H and O–H groups in total. The fourth-order valence-corrected chi connectivity index (χ4v) is 1.49. The lowest BCUT2D eigenvalue weighted by Gasteiger charge is -2.14. The number of aliphatic hydroxyl groups is 1. The molecule has 0 aromatic carbocycles. The van der Waals surface area contributed by atoms with Gasteiger partial charge in [0.05, 0.1) is 11.8 Å². The number of aryl methyl sites for hydroxylation is 1. The highest BCUT2D eigenvalue weighted by Gasteiger charge is 2.08. The molecule has 1 aromatic heterocycles. The molecule has 0 aliphatic carbocycles. The predicted octanol–water partition coefficient (Wildman–Crippen LogP) is 1.89. The van der Waals surface area contributed by atoms with Gasteiger partial charge in [-0.25, -0.2) is 0 Å². The van der Waals surface area contributed by atoms with Crippen molar-refractivity contribution in [3.8, 4) is 0 Å². The van der Waals surface area contributed by atoms with E-state index >= 15 is 0 Å². The zero-order valence-corrected chi connectivity index (χ0v) is 10.4. The Morgan fingerprint density at radius 3 is 2.81 bits per heavy atom. The van der Waals surface area contributed by atoms with Gasteiger partial charge in [0.1, 0.15) is 0 Å². The Hall–Kier alpha value is -0.930. The first-order chi connectivity index (χ1) is 7.61. The zero-order chi connectivity index (χ0) is 12.0. The normalized spacial score (nSPS) is 13.1. The van der Waals surface area contributed by atoms with Crippen LogP contribution < -0.4 is 5.32 Å². The summed E-state index contributed by atoms with van der Waals surface area (Å²) in [6.45, 7) is 7.74. The molecule has 3 nitrogen and oxygen atoms in total. The molecule has 0 saturated heterocycles. The topological polar surface area (TPSA) is 45.2 Å². The van der Waals surface area contributed by atoms with Crippen LogP contribution in [0.15, 0.2) is 18.3 Å². The Labute approximate surface area is 97.9 Å². The van der Waals surface area contributed by atoms with E-state index in [0.29, 0.717) is 5.92 Å². The molecule has 0 saturated carbocycles. The van der Waals surface area contributed by atoms with Gasteiger partial charge in [0.2, 0.25) is 0 Å². The van der Waals surface area contributed by atoms with Gasteiger partial charge in [0, 0.05) is 12.7 Å². The molecule has 0 aliphatic rings. The summed E-state index contributed by atoms with van der Waals surface area (Å²) in [5, 5.41) is 12.9. The van der Waals surface area contributed by atoms with Crippen LogP contribution >= 0.6 is 0 Å². The number of hydrogen-bond donors (Lipinski definition) is 2. The molecule has 1 atom stereocenters. The van der Waals surface area contributed by atoms with Gasteiger partial charge in [0.25, 0.3) is 0 Å². The molecule has 90 valence electrons. The van der Waals surface area contributed by atoms with E-state index in [-0.39, 0.29) is 6.10 Å². The molecule has 1 heterocycles. The highest BCUT2D eigenvalue weighted by Crippen LogP contribution is 2.05. The van der Waals surface area contributed by atoms with E-state index in [1.54, 1.807) is 0 Å². The lowest BCUT2D eigenvalue weighted by atomic mass is 10.0. The number of aliphatic hydroxyl groups excluding tert-OH is 1. The van der Waals surface area contributed by atoms with Crippen molar-refractivity contribution in [2.24, 2.45) is 5.92 Å². The fraction of sp³-hybridized carbons (Fsp3) is 0.615. The molecule has 16 heavy (non-hydrogen) atoms. The van der Waals surface area contributed by atoms with E-state index < -0.39 is 0 Å². The molecule has 0 fully saturated rings. The van der Waals surface area contributed by atoms with Crippen molar-refractivity contribution in [2.75, 3.05) is 6.54 Å². The quantitative estimate of drug-likeness (QED) is 0.722. The lowest BCUT2D eigenvalue weighted by Crippen LogP contribution is -2.23. The molecule has 0 bridgehead atoms. The summed E-state index contributed by atoms with van der Waals surface area (Å²) < 4.78 is 0. The minimum absolute atomic E-state index is 0.211. The molecule has 0 radical (unpaired) electrons. The molecule has 3 heteroatoms. The first kappa shape index (κ1) is 13.1. The molecule has 0 spiro atoms. The van der Waals surface area contributed by atoms with Crippen LogP contribution in [0.4, 0.5) is 0 Å². The largest absolute Gasteiger partial charge is 0.393 e. The molecular weight excluding hydrogens is 200 g/mol. The molecule has 1 aromatic rings. The minimum Gasteiger partial charge on any atom is -0.393 e. The lowest BCUT2D eigenvalue weighted by molar-refractivity contribution is 0.116. The van der Waals surface area contributed by atoms with Crippen LogP contribution in [0, 0.1) is 12.8 Å². The molecule has 0 amide bonds. The summed E-state index contributed by atoms with van der Waals surface area (Å²) in [5.41, 5.74) is 2.29. The van der Waals surface area contributed by atoms with E-state index in [0.717, 1.165) is 25.2 Å². The summed E-state index contributed by atoms with van der Waals surface area (Å²) in [6.07, 6.45) is 2.40. The van der Waals surface area contributed by atoms with Gasteiger partial charge in [-0.2, -0.15) is 0 Å². The number of rotatable bonds is 6. The van der Waals surface area contributed by atoms with Gasteiger partial charge in [-0.3, -0.25) is 4.98 Å². The smallest absolute Gasteiger partial charge is 0.0575 e. The summed E-state index contributed by atoms with van der Waals surface area (Å²) in [7, 11) is 0. The number of hydrogen-bond acceptors (Lipinski definition) is 3. The van der Waals surface area contributed by atoms with Crippen molar-refractivity contribution in [1.82, 2.24) is 10.3 Å². The van der Waals surface area contributed by atoms with Crippen LogP contribution in [0.5, 0.6) is 0 Å². The van der Waals surface area contributed by atoms with E-state index in [1.165, 1.54) is 5.56 Å². The Morgan fingerprint density at radius 1 is 1.44 bits per heavy atom. The highest BCUT2D eigenvalue weighted by molar-refractivity contribution is 5.17. The van der Waals surface area contributed by atoms with Crippen LogP contribution in [0.3, 0.4) is 0 Å². The van der Waals surface area contributed by atoms with Gasteiger partial charge in [-0.05, 0) is 37.4 Å². The maximum atomic E-state index is 9.62. The van der Waals surface area contributed by atoms with Crippen LogP contribution in [0.25, 0.3) is 0 Å². The monoisotopic (exact) mass is 222 g/mol. The van der Waals surface area contributed by atoms with E-state index in [1.807, 2.05) is 26.1 Å². The first-order valence-corrected chi connectivity index (χ1v) is 5.90. The summed E-state index contributed by atoms with van der Waals surface area (Å²) in [5.74, 6) is 0.332. The summed E-state index contributed by atoms with van der Waals surface area (Å²) in [4.78, 5) is 4.31. The van der Waals surface area contributed by atoms with E-state index in [4.69, 9.17) is 0 Å². The first-order valence-electron chi connectivity index (χ1n) is 5.90. The van der Waals surface area contributed by atoms with E-state index in [2.05, 4.69) is 23.3 Å². The average Bonchev–Trinajstić information content (AvgIpc) is 2.26. The van der Waals surface area contributed by atoms with Gasteiger partial charge in [0.15, 0.2) is 0 Å². The van der Waals surface area contributed by atoms with Crippen LogP contribution in [0.2, 0.25) is 0 Å². The second-order valence-corrected chi connectivity index (χ2v) is 4.54. The molecule has 1 unspecified atom stereocenters. The third-order valence-electron chi connectivity index (χ3n) is 2.80. The average molecular weight is 222 g/mol. The Balaban J connectivity index is 2.24. The van der Waals surface area contributed by atoms with Crippen molar-refractivity contribution in [3.05, 3.63) is 29.6 Å². The Morgan fingerprint density at radius 2 is 2.19 bits per heavy atom. The summed E-state index contributed by atoms with van der Waals surface area (Å²) in [6, 6.07) is 4.01. The van der Waals surface area contributed by atoms with Crippen molar-refractivity contribution in [3.63, 3.8) is 0 Å². The standard InChI is InChI=1S/C13H22N2O/c1-10(2)13(16)6-8-14-9-12-11(3)5-4-7-15-12/h4-5,7,10,13-14,16H,6,8-9H2,1-3H3. The third kappa shape index (κ3) is 4.29. The van der Waals surface area contributed by atoms with Crippen LogP contribution in [-0.4, -0.2) is 22.7 Å². The predicted molar refractivity (Wildman–Crippen MR) is 66.1 cm³/mol.